The van der Waals surface area contributed by atoms with Crippen LogP contribution in [0.5, 0.6) is 5.75 Å². The molecule has 3 rings (SSSR count). The molecular weight excluding hydrogens is 240 g/mol. The summed E-state index contributed by atoms with van der Waals surface area (Å²) in [5, 5.41) is 3.69. The third kappa shape index (κ3) is 3.35. The van der Waals surface area contributed by atoms with Crippen molar-refractivity contribution >= 4 is 5.95 Å². The zero-order chi connectivity index (χ0) is 13.1. The van der Waals surface area contributed by atoms with Crippen LogP contribution in [0.4, 0.5) is 5.95 Å². The van der Waals surface area contributed by atoms with Crippen molar-refractivity contribution < 1.29 is 4.74 Å². The van der Waals surface area contributed by atoms with Gasteiger partial charge in [0, 0.05) is 19.1 Å². The number of nitrogens with zero attached hydrogens (tertiary/aromatic N) is 3. The molecule has 1 aromatic rings. The predicted octanol–water partition coefficient (Wildman–Crippen LogP) is 1.45. The van der Waals surface area contributed by atoms with E-state index in [9.17, 15) is 0 Å². The molecule has 104 valence electrons. The quantitative estimate of drug-likeness (QED) is 0.870. The maximum Gasteiger partial charge on any atom is 0.225 e. The van der Waals surface area contributed by atoms with E-state index in [1.54, 1.807) is 19.5 Å². The van der Waals surface area contributed by atoms with Crippen LogP contribution in [0.2, 0.25) is 0 Å². The van der Waals surface area contributed by atoms with Crippen LogP contribution in [0, 0.1) is 5.92 Å². The Balaban J connectivity index is 1.47. The molecule has 0 atom stereocenters. The van der Waals surface area contributed by atoms with Crippen LogP contribution in [0.1, 0.15) is 25.7 Å². The van der Waals surface area contributed by atoms with Gasteiger partial charge in [-0.2, -0.15) is 0 Å². The Labute approximate surface area is 114 Å². The molecule has 1 saturated carbocycles. The van der Waals surface area contributed by atoms with Crippen LogP contribution in [0.3, 0.4) is 0 Å². The number of hydrogen-bond donors (Lipinski definition) is 1. The van der Waals surface area contributed by atoms with Gasteiger partial charge in [0.15, 0.2) is 5.75 Å². The highest BCUT2D eigenvalue weighted by molar-refractivity contribution is 5.32. The first kappa shape index (κ1) is 12.7. The third-order valence-electron chi connectivity index (χ3n) is 4.02. The maximum atomic E-state index is 5.08. The molecule has 0 radical (unpaired) electrons. The Morgan fingerprint density at radius 2 is 1.89 bits per heavy atom. The molecule has 1 aliphatic heterocycles. The van der Waals surface area contributed by atoms with E-state index >= 15 is 0 Å². The number of rotatable bonds is 5. The summed E-state index contributed by atoms with van der Waals surface area (Å²) < 4.78 is 5.08. The van der Waals surface area contributed by atoms with E-state index in [-0.39, 0.29) is 0 Å². The first-order valence-corrected chi connectivity index (χ1v) is 7.19. The maximum absolute atomic E-state index is 5.08. The predicted molar refractivity (Wildman–Crippen MR) is 74.5 cm³/mol. The summed E-state index contributed by atoms with van der Waals surface area (Å²) in [5.74, 6) is 2.49. The fourth-order valence-corrected chi connectivity index (χ4v) is 2.52. The second-order valence-electron chi connectivity index (χ2n) is 5.54. The monoisotopic (exact) mass is 262 g/mol. The smallest absolute Gasteiger partial charge is 0.225 e. The Kier molecular flexibility index (Phi) is 3.82. The van der Waals surface area contributed by atoms with Crippen molar-refractivity contribution in [3.63, 3.8) is 0 Å². The summed E-state index contributed by atoms with van der Waals surface area (Å²) in [5.41, 5.74) is 0. The minimum Gasteiger partial charge on any atom is -0.494 e. The van der Waals surface area contributed by atoms with Crippen molar-refractivity contribution in [3.05, 3.63) is 12.4 Å². The number of methoxy groups -OCH3 is 1. The summed E-state index contributed by atoms with van der Waals surface area (Å²) in [6.45, 7) is 3.28. The molecule has 5 nitrogen and oxygen atoms in total. The molecule has 2 heterocycles. The molecule has 1 aromatic heterocycles. The minimum atomic E-state index is 0.676. The second kappa shape index (κ2) is 5.74. The summed E-state index contributed by atoms with van der Waals surface area (Å²) in [4.78, 5) is 11.0. The van der Waals surface area contributed by atoms with Gasteiger partial charge in [-0.25, -0.2) is 9.97 Å². The average Bonchev–Trinajstić information content (AvgIpc) is 3.30. The highest BCUT2D eigenvalue weighted by Gasteiger charge is 2.25. The molecule has 0 bridgehead atoms. The van der Waals surface area contributed by atoms with Crippen LogP contribution < -0.4 is 15.0 Å². The Hall–Kier alpha value is -1.36. The number of nitrogens with one attached hydrogen (secondary N) is 1. The lowest BCUT2D eigenvalue weighted by Crippen LogP contribution is -2.43. The third-order valence-corrected chi connectivity index (χ3v) is 4.02. The number of anilines is 1. The van der Waals surface area contributed by atoms with Crippen molar-refractivity contribution in [2.75, 3.05) is 31.6 Å². The summed E-state index contributed by atoms with van der Waals surface area (Å²) in [7, 11) is 1.63. The standard InChI is InChI=1S/C14H22N4O/c1-19-13-9-16-14(17-10-13)18-6-4-12(5-7-18)15-8-11-2-3-11/h9-12,15H,2-8H2,1H3. The molecule has 0 amide bonds. The molecule has 1 N–H and O–H groups in total. The van der Waals surface area contributed by atoms with Gasteiger partial charge in [-0.15, -0.1) is 0 Å². The van der Waals surface area contributed by atoms with E-state index in [1.807, 2.05) is 0 Å². The van der Waals surface area contributed by atoms with Crippen molar-refractivity contribution in [2.45, 2.75) is 31.7 Å². The van der Waals surface area contributed by atoms with Gasteiger partial charge in [0.25, 0.3) is 0 Å². The topological polar surface area (TPSA) is 50.3 Å². The van der Waals surface area contributed by atoms with Gasteiger partial charge in [-0.1, -0.05) is 0 Å². The zero-order valence-corrected chi connectivity index (χ0v) is 11.5. The van der Waals surface area contributed by atoms with Gasteiger partial charge in [0.2, 0.25) is 5.95 Å². The minimum absolute atomic E-state index is 0.676. The molecule has 1 aliphatic carbocycles. The van der Waals surface area contributed by atoms with Gasteiger partial charge < -0.3 is 15.0 Å². The first-order chi connectivity index (χ1) is 9.35. The fourth-order valence-electron chi connectivity index (χ4n) is 2.52. The molecule has 0 spiro atoms. The van der Waals surface area contributed by atoms with Crippen LogP contribution in [0.25, 0.3) is 0 Å². The molecular formula is C14H22N4O. The van der Waals surface area contributed by atoms with Gasteiger partial charge >= 0.3 is 0 Å². The zero-order valence-electron chi connectivity index (χ0n) is 11.5. The van der Waals surface area contributed by atoms with Crippen LogP contribution in [-0.4, -0.2) is 42.8 Å². The Morgan fingerprint density at radius 3 is 2.47 bits per heavy atom. The van der Waals surface area contributed by atoms with Crippen LogP contribution >= 0.6 is 0 Å². The van der Waals surface area contributed by atoms with Crippen LogP contribution in [0.15, 0.2) is 12.4 Å². The highest BCUT2D eigenvalue weighted by Crippen LogP contribution is 2.28. The van der Waals surface area contributed by atoms with E-state index in [0.717, 1.165) is 25.0 Å². The Bertz CT molecular complexity index is 396. The molecule has 2 fully saturated rings. The highest BCUT2D eigenvalue weighted by atomic mass is 16.5. The molecule has 0 unspecified atom stereocenters. The van der Waals surface area contributed by atoms with Crippen molar-refractivity contribution in [2.24, 2.45) is 5.92 Å². The number of piperidine rings is 1. The van der Waals surface area contributed by atoms with Crippen molar-refractivity contribution in [3.8, 4) is 5.75 Å². The number of aromatic nitrogens is 2. The molecule has 5 heteroatoms. The molecule has 1 saturated heterocycles. The average molecular weight is 262 g/mol. The summed E-state index contributed by atoms with van der Waals surface area (Å²) in [6, 6.07) is 0.676. The largest absolute Gasteiger partial charge is 0.494 e. The van der Waals surface area contributed by atoms with E-state index < -0.39 is 0 Å². The van der Waals surface area contributed by atoms with Gasteiger partial charge in [-0.05, 0) is 38.1 Å². The lowest BCUT2D eigenvalue weighted by Gasteiger charge is -2.32. The lowest BCUT2D eigenvalue weighted by atomic mass is 10.1. The van der Waals surface area contributed by atoms with Gasteiger partial charge in [-0.3, -0.25) is 0 Å². The second-order valence-corrected chi connectivity index (χ2v) is 5.54. The number of ether oxygens (including phenoxy) is 1. The molecule has 19 heavy (non-hydrogen) atoms. The lowest BCUT2D eigenvalue weighted by molar-refractivity contribution is 0.402. The van der Waals surface area contributed by atoms with E-state index in [4.69, 9.17) is 4.74 Å². The van der Waals surface area contributed by atoms with Gasteiger partial charge in [0.05, 0.1) is 19.5 Å². The summed E-state index contributed by atoms with van der Waals surface area (Å²) in [6.07, 6.45) is 8.68. The van der Waals surface area contributed by atoms with Crippen molar-refractivity contribution in [1.82, 2.24) is 15.3 Å². The van der Waals surface area contributed by atoms with Crippen molar-refractivity contribution in [1.29, 1.82) is 0 Å². The normalized spacial score (nSPS) is 20.6. The number of hydrogen-bond acceptors (Lipinski definition) is 5. The SMILES string of the molecule is COc1cnc(N2CCC(NCC3CC3)CC2)nc1. The first-order valence-electron chi connectivity index (χ1n) is 7.19. The van der Waals surface area contributed by atoms with E-state index in [2.05, 4.69) is 20.2 Å². The molecule has 2 aliphatic rings. The van der Waals surface area contributed by atoms with Gasteiger partial charge in [0.1, 0.15) is 0 Å². The molecule has 0 aromatic carbocycles. The van der Waals surface area contributed by atoms with E-state index in [1.165, 1.54) is 32.2 Å². The summed E-state index contributed by atoms with van der Waals surface area (Å²) >= 11 is 0. The Morgan fingerprint density at radius 1 is 1.21 bits per heavy atom. The fraction of sp³-hybridized carbons (Fsp3) is 0.714. The van der Waals surface area contributed by atoms with E-state index in [0.29, 0.717) is 11.8 Å². The van der Waals surface area contributed by atoms with Crippen LogP contribution in [-0.2, 0) is 0 Å².